The van der Waals surface area contributed by atoms with Gasteiger partial charge in [0.1, 0.15) is 5.82 Å². The lowest BCUT2D eigenvalue weighted by Crippen LogP contribution is -2.33. The molecule has 0 bridgehead atoms. The van der Waals surface area contributed by atoms with E-state index in [1.165, 1.54) is 0 Å². The molecule has 0 saturated carbocycles. The molecule has 0 saturated heterocycles. The number of H-pyrrole nitrogens is 1. The van der Waals surface area contributed by atoms with Crippen molar-refractivity contribution in [2.45, 2.75) is 26.3 Å². The maximum absolute atomic E-state index is 12.3. The predicted molar refractivity (Wildman–Crippen MR) is 108 cm³/mol. The second kappa shape index (κ2) is 8.59. The zero-order valence-electron chi connectivity index (χ0n) is 15.8. The van der Waals surface area contributed by atoms with Crippen molar-refractivity contribution in [2.24, 2.45) is 0 Å². The maximum atomic E-state index is 12.3. The Bertz CT molecular complexity index is 908. The third-order valence-corrected chi connectivity index (χ3v) is 4.69. The van der Waals surface area contributed by atoms with Gasteiger partial charge in [-0.3, -0.25) is 4.79 Å². The van der Waals surface area contributed by atoms with E-state index < -0.39 is 0 Å². The van der Waals surface area contributed by atoms with Gasteiger partial charge in [0.15, 0.2) is 11.5 Å². The fourth-order valence-corrected chi connectivity index (χ4v) is 3.29. The molecule has 0 radical (unpaired) electrons. The fourth-order valence-electron chi connectivity index (χ4n) is 3.01. The summed E-state index contributed by atoms with van der Waals surface area (Å²) >= 11 is 6.35. The summed E-state index contributed by atoms with van der Waals surface area (Å²) < 4.78 is 11.1. The number of likely N-dealkylation sites (N-methyl/N-ethyl adjacent to an activating group) is 1. The zero-order valence-corrected chi connectivity index (χ0v) is 16.6. The van der Waals surface area contributed by atoms with Crippen LogP contribution in [-0.4, -0.2) is 42.2 Å². The van der Waals surface area contributed by atoms with Gasteiger partial charge in [0.05, 0.1) is 30.0 Å². The third-order valence-electron chi connectivity index (χ3n) is 4.41. The molecule has 0 fully saturated rings. The quantitative estimate of drug-likeness (QED) is 0.820. The first kappa shape index (κ1) is 19.5. The number of halogens is 1. The molecule has 0 spiro atoms. The van der Waals surface area contributed by atoms with Crippen LogP contribution < -0.4 is 15.0 Å². The van der Waals surface area contributed by atoms with E-state index in [4.69, 9.17) is 21.1 Å². The van der Waals surface area contributed by atoms with E-state index in [9.17, 15) is 4.79 Å². The average molecular weight is 390 g/mol. The number of aromatic amines is 1. The average Bonchev–Trinajstić information content (AvgIpc) is 2.65. The highest BCUT2D eigenvalue weighted by Crippen LogP contribution is 2.37. The minimum atomic E-state index is -0.0786. The molecule has 1 aromatic heterocycles. The van der Waals surface area contributed by atoms with Gasteiger partial charge in [-0.15, -0.1) is 0 Å². The fraction of sp³-hybridized carbons (Fsp3) is 0.400. The second-order valence-corrected chi connectivity index (χ2v) is 6.99. The largest absolute Gasteiger partial charge is 0.493 e. The number of hydrogen-bond acceptors (Lipinski definition) is 5. The smallest absolute Gasteiger partial charge is 0.255 e. The van der Waals surface area contributed by atoms with Gasteiger partial charge in [-0.1, -0.05) is 24.6 Å². The Labute approximate surface area is 163 Å². The number of nitrogens with zero attached hydrogens (tertiary/aromatic N) is 2. The molecule has 0 atom stereocenters. The molecule has 144 valence electrons. The number of aromatic nitrogens is 2. The van der Waals surface area contributed by atoms with Crippen LogP contribution in [0.5, 0.6) is 11.5 Å². The van der Waals surface area contributed by atoms with Gasteiger partial charge in [0, 0.05) is 19.5 Å². The molecular weight excluding hydrogens is 366 g/mol. The maximum Gasteiger partial charge on any atom is 0.255 e. The molecule has 2 heterocycles. The van der Waals surface area contributed by atoms with Gasteiger partial charge >= 0.3 is 0 Å². The Hall–Kier alpha value is -2.31. The van der Waals surface area contributed by atoms with Crippen molar-refractivity contribution in [1.29, 1.82) is 0 Å². The SMILES string of the molecule is CCCOc1c(Cl)cc(/C=C/c2nc3c(c(=O)[nH]2)CN(C)CC3)cc1OC. The first-order valence-electron chi connectivity index (χ1n) is 9.00. The van der Waals surface area contributed by atoms with E-state index >= 15 is 0 Å². The highest BCUT2D eigenvalue weighted by atomic mass is 35.5. The van der Waals surface area contributed by atoms with Crippen LogP contribution in [-0.2, 0) is 13.0 Å². The van der Waals surface area contributed by atoms with Crippen molar-refractivity contribution < 1.29 is 9.47 Å². The molecule has 7 heteroatoms. The molecule has 3 rings (SSSR count). The van der Waals surface area contributed by atoms with Crippen LogP contribution in [0.3, 0.4) is 0 Å². The lowest BCUT2D eigenvalue weighted by molar-refractivity contribution is 0.294. The molecule has 27 heavy (non-hydrogen) atoms. The van der Waals surface area contributed by atoms with Crippen molar-refractivity contribution in [3.8, 4) is 11.5 Å². The molecule has 1 N–H and O–H groups in total. The number of fused-ring (bicyclic) bond motifs is 1. The lowest BCUT2D eigenvalue weighted by atomic mass is 10.1. The molecule has 1 aliphatic heterocycles. The number of nitrogens with one attached hydrogen (secondary N) is 1. The lowest BCUT2D eigenvalue weighted by Gasteiger charge is -2.23. The van der Waals surface area contributed by atoms with Crippen molar-refractivity contribution in [3.63, 3.8) is 0 Å². The molecule has 1 aliphatic rings. The molecule has 1 aromatic carbocycles. The summed E-state index contributed by atoms with van der Waals surface area (Å²) in [5, 5.41) is 0.484. The van der Waals surface area contributed by atoms with Crippen molar-refractivity contribution >= 4 is 23.8 Å². The summed E-state index contributed by atoms with van der Waals surface area (Å²) in [4.78, 5) is 21.9. The molecule has 0 amide bonds. The van der Waals surface area contributed by atoms with Gasteiger partial charge in [-0.25, -0.2) is 4.98 Å². The Morgan fingerprint density at radius 1 is 1.37 bits per heavy atom. The van der Waals surface area contributed by atoms with E-state index in [0.29, 0.717) is 35.5 Å². The van der Waals surface area contributed by atoms with E-state index in [1.54, 1.807) is 19.3 Å². The zero-order chi connectivity index (χ0) is 19.4. The van der Waals surface area contributed by atoms with Crippen LogP contribution in [0.15, 0.2) is 16.9 Å². The summed E-state index contributed by atoms with van der Waals surface area (Å²) in [6.45, 7) is 4.13. The summed E-state index contributed by atoms with van der Waals surface area (Å²) in [5.74, 6) is 1.65. The number of benzene rings is 1. The first-order valence-corrected chi connectivity index (χ1v) is 9.38. The Kier molecular flexibility index (Phi) is 6.19. The summed E-state index contributed by atoms with van der Waals surface area (Å²) in [6, 6.07) is 3.65. The molecule has 0 unspecified atom stereocenters. The van der Waals surface area contributed by atoms with Crippen LogP contribution in [0.2, 0.25) is 5.02 Å². The Morgan fingerprint density at radius 3 is 2.93 bits per heavy atom. The van der Waals surface area contributed by atoms with Gasteiger partial charge < -0.3 is 19.4 Å². The van der Waals surface area contributed by atoms with Crippen LogP contribution in [0, 0.1) is 0 Å². The van der Waals surface area contributed by atoms with E-state index in [0.717, 1.165) is 36.2 Å². The van der Waals surface area contributed by atoms with E-state index in [-0.39, 0.29) is 5.56 Å². The van der Waals surface area contributed by atoms with Crippen molar-refractivity contribution in [1.82, 2.24) is 14.9 Å². The van der Waals surface area contributed by atoms with Gasteiger partial charge in [0.25, 0.3) is 5.56 Å². The van der Waals surface area contributed by atoms with Crippen LogP contribution >= 0.6 is 11.6 Å². The standard InChI is InChI=1S/C20H24ClN3O3/c1-4-9-27-19-15(21)10-13(11-17(19)26-3)5-6-18-22-16-7-8-24(2)12-14(16)20(25)23-18/h5-6,10-11H,4,7-9,12H2,1-3H3,(H,22,23,25)/b6-5+. The predicted octanol–water partition coefficient (Wildman–Crippen LogP) is 3.38. The first-order chi connectivity index (χ1) is 13.0. The van der Waals surface area contributed by atoms with Gasteiger partial charge in [-0.05, 0) is 37.2 Å². The van der Waals surface area contributed by atoms with Crippen molar-refractivity contribution in [2.75, 3.05) is 27.3 Å². The highest BCUT2D eigenvalue weighted by Gasteiger charge is 2.18. The molecular formula is C20H24ClN3O3. The van der Waals surface area contributed by atoms with E-state index in [2.05, 4.69) is 14.9 Å². The number of methoxy groups -OCH3 is 1. The summed E-state index contributed by atoms with van der Waals surface area (Å²) in [7, 11) is 3.58. The second-order valence-electron chi connectivity index (χ2n) is 6.58. The topological polar surface area (TPSA) is 67.5 Å². The Morgan fingerprint density at radius 2 is 2.19 bits per heavy atom. The van der Waals surface area contributed by atoms with E-state index in [1.807, 2.05) is 26.1 Å². The molecule has 2 aromatic rings. The van der Waals surface area contributed by atoms with Gasteiger partial charge in [0.2, 0.25) is 0 Å². The highest BCUT2D eigenvalue weighted by molar-refractivity contribution is 6.32. The summed E-state index contributed by atoms with van der Waals surface area (Å²) in [6.07, 6.45) is 5.28. The van der Waals surface area contributed by atoms with Crippen LogP contribution in [0.1, 0.15) is 36.0 Å². The normalized spacial score (nSPS) is 14.4. The van der Waals surface area contributed by atoms with Crippen LogP contribution in [0.25, 0.3) is 12.2 Å². The van der Waals surface area contributed by atoms with Crippen molar-refractivity contribution in [3.05, 3.63) is 50.2 Å². The number of ether oxygens (including phenoxy) is 2. The number of rotatable bonds is 6. The van der Waals surface area contributed by atoms with Gasteiger partial charge in [-0.2, -0.15) is 0 Å². The molecule has 6 nitrogen and oxygen atoms in total. The third kappa shape index (κ3) is 4.51. The monoisotopic (exact) mass is 389 g/mol. The van der Waals surface area contributed by atoms with Crippen LogP contribution in [0.4, 0.5) is 0 Å². The number of hydrogen-bond donors (Lipinski definition) is 1. The molecule has 0 aliphatic carbocycles. The minimum absolute atomic E-state index is 0.0786. The summed E-state index contributed by atoms with van der Waals surface area (Å²) in [5.41, 5.74) is 2.38. The Balaban J connectivity index is 1.87. The minimum Gasteiger partial charge on any atom is -0.493 e.